The Labute approximate surface area is 156 Å². The van der Waals surface area contributed by atoms with Gasteiger partial charge in [-0.1, -0.05) is 0 Å². The van der Waals surface area contributed by atoms with Gasteiger partial charge in [-0.15, -0.1) is 0 Å². The lowest BCUT2D eigenvalue weighted by Gasteiger charge is -2.28. The molecule has 1 unspecified atom stereocenters. The van der Waals surface area contributed by atoms with Gasteiger partial charge in [-0.05, 0) is 73.6 Å². The minimum Gasteiger partial charge on any atom is -0.466 e. The molecule has 0 bridgehead atoms. The Bertz CT molecular complexity index is 489. The number of carbonyl (C=O) groups excluding carboxylic acids is 3. The molecule has 0 N–H and O–H groups in total. The number of carbonyl (C=O) groups is 3. The minimum atomic E-state index is -0.718. The smallest absolute Gasteiger partial charge is 0.419 e. The molecule has 7 heteroatoms. The first kappa shape index (κ1) is 22.3. The van der Waals surface area contributed by atoms with Gasteiger partial charge in [0, 0.05) is 6.54 Å². The molecule has 1 aliphatic rings. The first-order valence-electron chi connectivity index (χ1n) is 9.24. The topological polar surface area (TPSA) is 82.1 Å². The van der Waals surface area contributed by atoms with Crippen molar-refractivity contribution in [1.82, 2.24) is 4.90 Å². The van der Waals surface area contributed by atoms with Crippen molar-refractivity contribution < 1.29 is 28.6 Å². The summed E-state index contributed by atoms with van der Waals surface area (Å²) in [4.78, 5) is 37.4. The van der Waals surface area contributed by atoms with Crippen LogP contribution in [0.3, 0.4) is 0 Å². The number of nitrogens with zero attached hydrogens (tertiary/aromatic N) is 1. The second-order valence-electron chi connectivity index (χ2n) is 8.61. The van der Waals surface area contributed by atoms with Gasteiger partial charge in [0.1, 0.15) is 11.2 Å². The molecule has 26 heavy (non-hydrogen) atoms. The van der Waals surface area contributed by atoms with Crippen molar-refractivity contribution in [2.24, 2.45) is 11.8 Å². The van der Waals surface area contributed by atoms with E-state index in [0.717, 1.165) is 17.7 Å². The van der Waals surface area contributed by atoms with Crippen LogP contribution in [0.2, 0.25) is 0 Å². The van der Waals surface area contributed by atoms with E-state index in [-0.39, 0.29) is 24.3 Å². The summed E-state index contributed by atoms with van der Waals surface area (Å²) in [6, 6.07) is 0. The highest BCUT2D eigenvalue weighted by atomic mass is 16.6. The average molecular weight is 371 g/mol. The second-order valence-corrected chi connectivity index (χ2v) is 8.61. The maximum atomic E-state index is 12.4. The number of rotatable bonds is 6. The van der Waals surface area contributed by atoms with Gasteiger partial charge >= 0.3 is 18.2 Å². The summed E-state index contributed by atoms with van der Waals surface area (Å²) in [5, 5.41) is 0. The molecular weight excluding hydrogens is 338 g/mol. The van der Waals surface area contributed by atoms with Crippen molar-refractivity contribution in [3.8, 4) is 0 Å². The van der Waals surface area contributed by atoms with Gasteiger partial charge in [0.05, 0.1) is 12.5 Å². The van der Waals surface area contributed by atoms with Crippen LogP contribution in [-0.4, -0.2) is 47.4 Å². The minimum absolute atomic E-state index is 0.0496. The predicted octanol–water partition coefficient (Wildman–Crippen LogP) is 4.14. The van der Waals surface area contributed by atoms with Crippen LogP contribution in [0, 0.1) is 11.8 Å². The van der Waals surface area contributed by atoms with Crippen molar-refractivity contribution in [2.45, 2.75) is 78.9 Å². The molecule has 1 aliphatic carbocycles. The highest BCUT2D eigenvalue weighted by Crippen LogP contribution is 2.42. The molecule has 150 valence electrons. The number of esters is 1. The summed E-state index contributed by atoms with van der Waals surface area (Å²) in [6.45, 7) is 12.8. The van der Waals surface area contributed by atoms with Gasteiger partial charge in [-0.25, -0.2) is 14.5 Å². The van der Waals surface area contributed by atoms with Crippen molar-refractivity contribution in [2.75, 3.05) is 13.2 Å². The number of amides is 2. The molecule has 7 nitrogen and oxygen atoms in total. The largest absolute Gasteiger partial charge is 0.466 e. The SMILES string of the molecule is CCOC(=O)C1C[C@H]1CCCN(C(=O)OC(C)(C)C)C(=O)OC(C)(C)C. The van der Waals surface area contributed by atoms with E-state index in [1.54, 1.807) is 48.5 Å². The zero-order chi connectivity index (χ0) is 20.1. The Hall–Kier alpha value is -1.79. The number of ether oxygens (including phenoxy) is 3. The molecule has 1 saturated carbocycles. The molecular formula is C19H33NO6. The molecule has 0 spiro atoms. The molecule has 1 rings (SSSR count). The van der Waals surface area contributed by atoms with E-state index in [1.807, 2.05) is 0 Å². The highest BCUT2D eigenvalue weighted by Gasteiger charge is 2.43. The normalized spacial score (nSPS) is 19.5. The molecule has 0 heterocycles. The summed E-state index contributed by atoms with van der Waals surface area (Å²) < 4.78 is 15.6. The molecule has 2 amide bonds. The monoisotopic (exact) mass is 371 g/mol. The van der Waals surface area contributed by atoms with Crippen LogP contribution < -0.4 is 0 Å². The van der Waals surface area contributed by atoms with E-state index in [4.69, 9.17) is 14.2 Å². The standard InChI is InChI=1S/C19H33NO6/c1-8-24-15(21)14-12-13(14)10-9-11-20(16(22)25-18(2,3)4)17(23)26-19(5,6)7/h13-14H,8-12H2,1-7H3/t13-,14?/m1/s1. The van der Waals surface area contributed by atoms with E-state index in [2.05, 4.69) is 0 Å². The number of imide groups is 1. The Morgan fingerprint density at radius 3 is 1.88 bits per heavy atom. The Morgan fingerprint density at radius 2 is 1.46 bits per heavy atom. The van der Waals surface area contributed by atoms with Gasteiger partial charge in [-0.2, -0.15) is 0 Å². The van der Waals surface area contributed by atoms with Crippen LogP contribution >= 0.6 is 0 Å². The third-order valence-corrected chi connectivity index (χ3v) is 3.70. The Morgan fingerprint density at radius 1 is 0.962 bits per heavy atom. The number of hydrogen-bond donors (Lipinski definition) is 0. The van der Waals surface area contributed by atoms with Crippen LogP contribution in [0.15, 0.2) is 0 Å². The fourth-order valence-corrected chi connectivity index (χ4v) is 2.51. The first-order valence-corrected chi connectivity index (χ1v) is 9.24. The third kappa shape index (κ3) is 8.06. The maximum absolute atomic E-state index is 12.4. The van der Waals surface area contributed by atoms with Gasteiger partial charge in [-0.3, -0.25) is 4.79 Å². The van der Waals surface area contributed by atoms with Gasteiger partial charge < -0.3 is 14.2 Å². The second kappa shape index (κ2) is 8.73. The molecule has 0 radical (unpaired) electrons. The zero-order valence-electron chi connectivity index (χ0n) is 17.1. The third-order valence-electron chi connectivity index (χ3n) is 3.70. The molecule has 0 aromatic carbocycles. The van der Waals surface area contributed by atoms with E-state index in [1.165, 1.54) is 0 Å². The lowest BCUT2D eigenvalue weighted by molar-refractivity contribution is -0.145. The zero-order valence-corrected chi connectivity index (χ0v) is 17.1. The van der Waals surface area contributed by atoms with Gasteiger partial charge in [0.25, 0.3) is 0 Å². The Kier molecular flexibility index (Phi) is 7.47. The van der Waals surface area contributed by atoms with Crippen LogP contribution in [0.25, 0.3) is 0 Å². The highest BCUT2D eigenvalue weighted by molar-refractivity contribution is 5.88. The van der Waals surface area contributed by atoms with Crippen molar-refractivity contribution in [3.63, 3.8) is 0 Å². The van der Waals surface area contributed by atoms with Crippen LogP contribution in [0.5, 0.6) is 0 Å². The summed E-state index contributed by atoms with van der Waals surface area (Å²) in [5.41, 5.74) is -1.41. The van der Waals surface area contributed by atoms with Gasteiger partial charge in [0.2, 0.25) is 0 Å². The lowest BCUT2D eigenvalue weighted by atomic mass is 10.2. The molecule has 0 aromatic heterocycles. The summed E-state index contributed by atoms with van der Waals surface area (Å²) in [6.07, 6.45) is 0.691. The van der Waals surface area contributed by atoms with Crippen molar-refractivity contribution >= 4 is 18.2 Å². The fourth-order valence-electron chi connectivity index (χ4n) is 2.51. The molecule has 0 aliphatic heterocycles. The molecule has 2 atom stereocenters. The van der Waals surface area contributed by atoms with Crippen molar-refractivity contribution in [1.29, 1.82) is 0 Å². The van der Waals surface area contributed by atoms with Crippen LogP contribution in [0.4, 0.5) is 9.59 Å². The summed E-state index contributed by atoms with van der Waals surface area (Å²) >= 11 is 0. The van der Waals surface area contributed by atoms with Gasteiger partial charge in [0.15, 0.2) is 0 Å². The van der Waals surface area contributed by atoms with Crippen molar-refractivity contribution in [3.05, 3.63) is 0 Å². The van der Waals surface area contributed by atoms with E-state index >= 15 is 0 Å². The molecule has 0 aromatic rings. The summed E-state index contributed by atoms with van der Waals surface area (Å²) in [7, 11) is 0. The summed E-state index contributed by atoms with van der Waals surface area (Å²) in [5.74, 6) is 0.0493. The molecule has 0 saturated heterocycles. The number of hydrogen-bond acceptors (Lipinski definition) is 6. The van der Waals surface area contributed by atoms with E-state index in [9.17, 15) is 14.4 Å². The lowest BCUT2D eigenvalue weighted by Crippen LogP contribution is -2.44. The van der Waals surface area contributed by atoms with Crippen LogP contribution in [0.1, 0.15) is 67.7 Å². The first-order chi connectivity index (χ1) is 11.8. The average Bonchev–Trinajstić information content (AvgIpc) is 3.19. The predicted molar refractivity (Wildman–Crippen MR) is 96.6 cm³/mol. The fraction of sp³-hybridized carbons (Fsp3) is 0.842. The Balaban J connectivity index is 2.59. The van der Waals surface area contributed by atoms with E-state index < -0.39 is 23.4 Å². The van der Waals surface area contributed by atoms with E-state index in [0.29, 0.717) is 13.0 Å². The molecule has 1 fully saturated rings. The quantitative estimate of drug-likeness (QED) is 0.515. The maximum Gasteiger partial charge on any atom is 0.419 e. The van der Waals surface area contributed by atoms with Crippen LogP contribution in [-0.2, 0) is 19.0 Å².